The van der Waals surface area contributed by atoms with Gasteiger partial charge < -0.3 is 10.1 Å². The highest BCUT2D eigenvalue weighted by atomic mass is 16.5. The van der Waals surface area contributed by atoms with Crippen LogP contribution >= 0.6 is 0 Å². The van der Waals surface area contributed by atoms with Crippen molar-refractivity contribution in [1.82, 2.24) is 9.78 Å². The molecule has 128 valence electrons. The van der Waals surface area contributed by atoms with Crippen LogP contribution in [0.1, 0.15) is 38.3 Å². The maximum absolute atomic E-state index is 12.1. The Kier molecular flexibility index (Phi) is 5.68. The molecule has 1 aromatic heterocycles. The number of esters is 1. The van der Waals surface area contributed by atoms with E-state index < -0.39 is 11.6 Å². The molecule has 0 aromatic carbocycles. The molecule has 2 heterocycles. The monoisotopic (exact) mass is 331 g/mol. The molecule has 0 bridgehead atoms. The molecule has 0 aliphatic carbocycles. The Morgan fingerprint density at radius 1 is 1.42 bits per heavy atom. The summed E-state index contributed by atoms with van der Waals surface area (Å²) in [5, 5.41) is 15.0. The van der Waals surface area contributed by atoms with Gasteiger partial charge in [-0.25, -0.2) is 4.68 Å². The number of aryl methyl sites for hydroxylation is 1. The molecule has 0 spiro atoms. The summed E-state index contributed by atoms with van der Waals surface area (Å²) in [5.74, 6) is 2.43. The standard InChI is InChI=1S/C16H21N5O3/c1-4-6-8-16(19-20-16)9-7-14(22)17-13-10-12(3)18-21(13)11-15(23)24-5-2/h1,10H,5-9,11H2,2-3H3,(H,17,22). The molecular formula is C16H21N5O3. The molecule has 2 rings (SSSR count). The van der Waals surface area contributed by atoms with Crippen LogP contribution in [0.2, 0.25) is 0 Å². The van der Waals surface area contributed by atoms with Crippen molar-refractivity contribution in [2.24, 2.45) is 10.2 Å². The number of rotatable bonds is 9. The third kappa shape index (κ3) is 4.91. The van der Waals surface area contributed by atoms with Gasteiger partial charge in [-0.3, -0.25) is 9.59 Å². The molecule has 8 nitrogen and oxygen atoms in total. The van der Waals surface area contributed by atoms with Gasteiger partial charge in [-0.2, -0.15) is 15.3 Å². The van der Waals surface area contributed by atoms with Crippen LogP contribution in [0.15, 0.2) is 16.3 Å². The molecule has 8 heteroatoms. The first-order chi connectivity index (χ1) is 11.5. The van der Waals surface area contributed by atoms with Crippen LogP contribution in [-0.4, -0.2) is 33.9 Å². The van der Waals surface area contributed by atoms with Gasteiger partial charge in [0.25, 0.3) is 0 Å². The Labute approximate surface area is 140 Å². The molecule has 1 N–H and O–H groups in total. The number of hydrogen-bond donors (Lipinski definition) is 1. The molecule has 24 heavy (non-hydrogen) atoms. The number of aromatic nitrogens is 2. The highest BCUT2D eigenvalue weighted by Crippen LogP contribution is 2.37. The molecule has 0 radical (unpaired) electrons. The fourth-order valence-corrected chi connectivity index (χ4v) is 2.28. The van der Waals surface area contributed by atoms with Crippen molar-refractivity contribution in [3.8, 4) is 12.3 Å². The van der Waals surface area contributed by atoms with Crippen molar-refractivity contribution in [1.29, 1.82) is 0 Å². The molecule has 0 saturated carbocycles. The quantitative estimate of drug-likeness (QED) is 0.553. The molecule has 1 aliphatic rings. The minimum atomic E-state index is -0.481. The van der Waals surface area contributed by atoms with Gasteiger partial charge in [0, 0.05) is 31.7 Å². The van der Waals surface area contributed by atoms with E-state index in [0.717, 1.165) is 0 Å². The lowest BCUT2D eigenvalue weighted by Crippen LogP contribution is -2.21. The molecule has 0 saturated heterocycles. The molecule has 1 amide bonds. The van der Waals surface area contributed by atoms with Gasteiger partial charge in [-0.1, -0.05) is 0 Å². The Bertz CT molecular complexity index is 680. The van der Waals surface area contributed by atoms with E-state index in [9.17, 15) is 9.59 Å². The van der Waals surface area contributed by atoms with E-state index in [4.69, 9.17) is 11.2 Å². The maximum Gasteiger partial charge on any atom is 0.327 e. The highest BCUT2D eigenvalue weighted by molar-refractivity contribution is 5.90. The van der Waals surface area contributed by atoms with Gasteiger partial charge in [0.05, 0.1) is 12.3 Å². The van der Waals surface area contributed by atoms with Crippen molar-refractivity contribution in [3.05, 3.63) is 11.8 Å². The fraction of sp³-hybridized carbons (Fsp3) is 0.562. The Morgan fingerprint density at radius 2 is 2.17 bits per heavy atom. The summed E-state index contributed by atoms with van der Waals surface area (Å²) in [6, 6.07) is 1.71. The number of carbonyl (C=O) groups is 2. The first-order valence-corrected chi connectivity index (χ1v) is 7.85. The Balaban J connectivity index is 1.87. The van der Waals surface area contributed by atoms with Crippen LogP contribution in [-0.2, 0) is 20.9 Å². The van der Waals surface area contributed by atoms with E-state index in [1.165, 1.54) is 4.68 Å². The topological polar surface area (TPSA) is 97.9 Å². The van der Waals surface area contributed by atoms with Gasteiger partial charge in [-0.15, -0.1) is 12.3 Å². The zero-order valence-electron chi connectivity index (χ0n) is 13.9. The minimum absolute atomic E-state index is 0.0476. The highest BCUT2D eigenvalue weighted by Gasteiger charge is 2.39. The van der Waals surface area contributed by atoms with Gasteiger partial charge in [0.2, 0.25) is 5.91 Å². The summed E-state index contributed by atoms with van der Waals surface area (Å²) in [7, 11) is 0. The molecular weight excluding hydrogens is 310 g/mol. The second-order valence-electron chi connectivity index (χ2n) is 5.57. The first-order valence-electron chi connectivity index (χ1n) is 7.85. The van der Waals surface area contributed by atoms with E-state index in [1.54, 1.807) is 19.9 Å². The van der Waals surface area contributed by atoms with Gasteiger partial charge in [0.15, 0.2) is 5.66 Å². The number of carbonyl (C=O) groups excluding carboxylic acids is 2. The predicted octanol–water partition coefficient (Wildman–Crippen LogP) is 2.05. The lowest BCUT2D eigenvalue weighted by atomic mass is 10.0. The second-order valence-corrected chi connectivity index (χ2v) is 5.57. The molecule has 0 fully saturated rings. The van der Waals surface area contributed by atoms with Crippen molar-refractivity contribution in [3.63, 3.8) is 0 Å². The summed E-state index contributed by atoms with van der Waals surface area (Å²) in [4.78, 5) is 23.7. The largest absolute Gasteiger partial charge is 0.465 e. The van der Waals surface area contributed by atoms with Gasteiger partial charge in [-0.05, 0) is 13.8 Å². The lowest BCUT2D eigenvalue weighted by Gasteiger charge is -2.10. The zero-order valence-corrected chi connectivity index (χ0v) is 13.9. The van der Waals surface area contributed by atoms with Gasteiger partial charge in [0.1, 0.15) is 12.4 Å². The van der Waals surface area contributed by atoms with Crippen LogP contribution in [0.4, 0.5) is 5.82 Å². The smallest absolute Gasteiger partial charge is 0.327 e. The van der Waals surface area contributed by atoms with Gasteiger partial charge >= 0.3 is 5.97 Å². The summed E-state index contributed by atoms with van der Waals surface area (Å²) >= 11 is 0. The van der Waals surface area contributed by atoms with Crippen LogP contribution in [0.3, 0.4) is 0 Å². The number of anilines is 1. The average molecular weight is 331 g/mol. The van der Waals surface area contributed by atoms with Crippen molar-refractivity contribution in [2.45, 2.75) is 51.7 Å². The summed E-state index contributed by atoms with van der Waals surface area (Å²) in [5.41, 5.74) is 0.220. The van der Waals surface area contributed by atoms with E-state index in [0.29, 0.717) is 37.4 Å². The number of amides is 1. The van der Waals surface area contributed by atoms with Crippen molar-refractivity contribution in [2.75, 3.05) is 11.9 Å². The molecule has 1 aliphatic heterocycles. The SMILES string of the molecule is C#CCCC1(CCC(=O)Nc2cc(C)nn2CC(=O)OCC)N=N1. The average Bonchev–Trinajstić information content (AvgIpc) is 3.23. The predicted molar refractivity (Wildman–Crippen MR) is 87.1 cm³/mol. The second kappa shape index (κ2) is 7.73. The number of nitrogens with zero attached hydrogens (tertiary/aromatic N) is 4. The van der Waals surface area contributed by atoms with E-state index in [2.05, 4.69) is 26.6 Å². The Morgan fingerprint density at radius 3 is 2.79 bits per heavy atom. The Hall–Kier alpha value is -2.69. The summed E-state index contributed by atoms with van der Waals surface area (Å²) < 4.78 is 6.32. The molecule has 0 atom stereocenters. The zero-order chi connectivity index (χ0) is 17.6. The lowest BCUT2D eigenvalue weighted by molar-refractivity contribution is -0.144. The molecule has 1 aromatic rings. The molecule has 0 unspecified atom stereocenters. The van der Waals surface area contributed by atoms with Crippen LogP contribution in [0.25, 0.3) is 0 Å². The van der Waals surface area contributed by atoms with Crippen LogP contribution < -0.4 is 5.32 Å². The number of ether oxygens (including phenoxy) is 1. The third-order valence-electron chi connectivity index (χ3n) is 3.56. The van der Waals surface area contributed by atoms with Crippen molar-refractivity contribution < 1.29 is 14.3 Å². The van der Waals surface area contributed by atoms with E-state index in [-0.39, 0.29) is 18.9 Å². The van der Waals surface area contributed by atoms with E-state index >= 15 is 0 Å². The van der Waals surface area contributed by atoms with E-state index in [1.807, 2.05) is 0 Å². The summed E-state index contributed by atoms with van der Waals surface area (Å²) in [6.45, 7) is 3.77. The first kappa shape index (κ1) is 17.7. The minimum Gasteiger partial charge on any atom is -0.465 e. The number of nitrogens with one attached hydrogen (secondary N) is 1. The number of terminal acetylenes is 1. The number of hydrogen-bond acceptors (Lipinski definition) is 6. The normalized spacial score (nSPS) is 14.0. The van der Waals surface area contributed by atoms with Crippen molar-refractivity contribution >= 4 is 17.7 Å². The third-order valence-corrected chi connectivity index (χ3v) is 3.56. The summed E-state index contributed by atoms with van der Waals surface area (Å²) in [6.07, 6.45) is 7.27. The maximum atomic E-state index is 12.1. The fourth-order valence-electron chi connectivity index (χ4n) is 2.28. The van der Waals surface area contributed by atoms with Crippen LogP contribution in [0.5, 0.6) is 0 Å². The van der Waals surface area contributed by atoms with Crippen LogP contribution in [0, 0.1) is 19.3 Å².